The number of carbonyl (C=O) groups excluding carboxylic acids is 1. The zero-order valence-corrected chi connectivity index (χ0v) is 10.5. The number of hydrogen-bond donors (Lipinski definition) is 0. The first-order valence-corrected chi connectivity index (χ1v) is 5.93. The molecule has 0 fully saturated rings. The van der Waals surface area contributed by atoms with Crippen LogP contribution in [0.2, 0.25) is 0 Å². The molecule has 0 heterocycles. The van der Waals surface area contributed by atoms with Crippen LogP contribution < -0.4 is 0 Å². The molecule has 0 saturated carbocycles. The zero-order valence-electron chi connectivity index (χ0n) is 10.5. The van der Waals surface area contributed by atoms with E-state index in [0.29, 0.717) is 6.08 Å². The summed E-state index contributed by atoms with van der Waals surface area (Å²) in [7, 11) is 0. The minimum atomic E-state index is -4.80. The number of halogens is 7. The highest BCUT2D eigenvalue weighted by molar-refractivity contribution is 5.34. The second kappa shape index (κ2) is 7.61. The molecule has 118 valence electrons. The second-order valence-electron chi connectivity index (χ2n) is 4.33. The van der Waals surface area contributed by atoms with Gasteiger partial charge in [-0.3, -0.25) is 0 Å². The van der Waals surface area contributed by atoms with Crippen LogP contribution >= 0.6 is 0 Å². The molecule has 0 aromatic heterocycles. The molecule has 9 heteroatoms. The van der Waals surface area contributed by atoms with Crippen LogP contribution in [0, 0.1) is 0 Å². The Morgan fingerprint density at radius 2 is 1.20 bits per heavy atom. The average Bonchev–Trinajstić information content (AvgIpc) is 2.25. The number of unbranched alkanes of at least 4 members (excludes halogenated alkanes) is 4. The number of aliphatic imine (C=N–C) groups is 1. The fraction of sp³-hybridized carbons (Fsp3) is 0.909. The fourth-order valence-corrected chi connectivity index (χ4v) is 1.49. The molecule has 0 unspecified atom stereocenters. The molecule has 0 aliphatic carbocycles. The molecular formula is C11H14F7NO. The van der Waals surface area contributed by atoms with Crippen LogP contribution in [0.15, 0.2) is 4.99 Å². The van der Waals surface area contributed by atoms with Crippen LogP contribution in [0.25, 0.3) is 0 Å². The van der Waals surface area contributed by atoms with Gasteiger partial charge in [-0.15, -0.1) is 4.99 Å². The summed E-state index contributed by atoms with van der Waals surface area (Å²) in [5.74, 6) is -4.46. The van der Waals surface area contributed by atoms with Crippen LogP contribution in [0.5, 0.6) is 0 Å². The van der Waals surface area contributed by atoms with Crippen molar-refractivity contribution in [3.63, 3.8) is 0 Å². The molecule has 0 rings (SSSR count). The summed E-state index contributed by atoms with van der Waals surface area (Å²) in [5, 5.41) is 0. The minimum absolute atomic E-state index is 0.105. The monoisotopic (exact) mass is 309 g/mol. The van der Waals surface area contributed by atoms with Gasteiger partial charge in [0.25, 0.3) is 0 Å². The Hall–Kier alpha value is -1.11. The maximum atomic E-state index is 12.9. The van der Waals surface area contributed by atoms with E-state index in [0.717, 1.165) is 0 Å². The quantitative estimate of drug-likeness (QED) is 0.197. The van der Waals surface area contributed by atoms with E-state index in [1.54, 1.807) is 4.99 Å². The number of hydrogen-bond acceptors (Lipinski definition) is 2. The normalized spacial score (nSPS) is 13.2. The first kappa shape index (κ1) is 18.9. The average molecular weight is 309 g/mol. The van der Waals surface area contributed by atoms with Crippen LogP contribution in [0.3, 0.4) is 0 Å². The SMILES string of the molecule is O=C=NC(F)(F)C(F)(F)CCCCCCCC(F)(F)F. The summed E-state index contributed by atoms with van der Waals surface area (Å²) in [6, 6.07) is -4.80. The third kappa shape index (κ3) is 7.47. The summed E-state index contributed by atoms with van der Waals surface area (Å²) in [4.78, 5) is 11.4. The molecule has 0 saturated heterocycles. The second-order valence-corrected chi connectivity index (χ2v) is 4.33. The molecule has 0 atom stereocenters. The minimum Gasteiger partial charge on any atom is -0.211 e. The van der Waals surface area contributed by atoms with Crippen molar-refractivity contribution in [2.24, 2.45) is 4.99 Å². The maximum absolute atomic E-state index is 12.9. The van der Waals surface area contributed by atoms with E-state index in [1.807, 2.05) is 0 Å². The van der Waals surface area contributed by atoms with E-state index in [-0.39, 0.29) is 32.1 Å². The van der Waals surface area contributed by atoms with Crippen molar-refractivity contribution in [3.8, 4) is 0 Å². The summed E-state index contributed by atoms with van der Waals surface area (Å²) in [6.45, 7) is 0. The van der Waals surface area contributed by atoms with Crippen LogP contribution in [0.4, 0.5) is 30.7 Å². The highest BCUT2D eigenvalue weighted by Crippen LogP contribution is 2.39. The van der Waals surface area contributed by atoms with Crippen molar-refractivity contribution in [2.45, 2.75) is 63.1 Å². The standard InChI is InChI=1S/C11H14F7NO/c12-9(13,11(17,18)19-8-20)6-4-2-1-3-5-7-10(14,15)16/h1-7H2. The van der Waals surface area contributed by atoms with Crippen molar-refractivity contribution in [3.05, 3.63) is 0 Å². The van der Waals surface area contributed by atoms with E-state index in [2.05, 4.69) is 0 Å². The predicted octanol–water partition coefficient (Wildman–Crippen LogP) is 4.84. The van der Waals surface area contributed by atoms with Crippen molar-refractivity contribution >= 4 is 6.08 Å². The molecule has 20 heavy (non-hydrogen) atoms. The Labute approximate surface area is 111 Å². The maximum Gasteiger partial charge on any atom is 0.414 e. The highest BCUT2D eigenvalue weighted by Gasteiger charge is 2.56. The molecule has 0 aliphatic heterocycles. The predicted molar refractivity (Wildman–Crippen MR) is 56.4 cm³/mol. The number of alkyl halides is 7. The van der Waals surface area contributed by atoms with Gasteiger partial charge in [0.1, 0.15) is 0 Å². The largest absolute Gasteiger partial charge is 0.414 e. The molecule has 2 nitrogen and oxygen atoms in total. The third-order valence-corrected chi connectivity index (χ3v) is 2.58. The van der Waals surface area contributed by atoms with Crippen molar-refractivity contribution in [2.75, 3.05) is 0 Å². The smallest absolute Gasteiger partial charge is 0.211 e. The first-order valence-electron chi connectivity index (χ1n) is 5.93. The Morgan fingerprint density at radius 3 is 1.65 bits per heavy atom. The van der Waals surface area contributed by atoms with Gasteiger partial charge in [-0.25, -0.2) is 4.79 Å². The lowest BCUT2D eigenvalue weighted by Gasteiger charge is -2.21. The molecular weight excluding hydrogens is 295 g/mol. The van der Waals surface area contributed by atoms with E-state index >= 15 is 0 Å². The van der Waals surface area contributed by atoms with Gasteiger partial charge in [0.15, 0.2) is 0 Å². The van der Waals surface area contributed by atoms with Gasteiger partial charge in [-0.1, -0.05) is 19.3 Å². The van der Waals surface area contributed by atoms with Gasteiger partial charge >= 0.3 is 18.1 Å². The number of rotatable bonds is 9. The topological polar surface area (TPSA) is 29.4 Å². The van der Waals surface area contributed by atoms with Gasteiger partial charge in [0.05, 0.1) is 0 Å². The summed E-state index contributed by atoms with van der Waals surface area (Å²) >= 11 is 0. The Balaban J connectivity index is 3.87. The highest BCUT2D eigenvalue weighted by atomic mass is 19.4. The number of isocyanates is 1. The Morgan fingerprint density at radius 1 is 0.750 bits per heavy atom. The molecule has 0 aromatic carbocycles. The van der Waals surface area contributed by atoms with Crippen LogP contribution in [-0.2, 0) is 4.79 Å². The van der Waals surface area contributed by atoms with E-state index in [9.17, 15) is 35.5 Å². The van der Waals surface area contributed by atoms with Gasteiger partial charge in [0.2, 0.25) is 6.08 Å². The molecule has 0 N–H and O–H groups in total. The Kier molecular flexibility index (Phi) is 7.19. The molecule has 0 aliphatic rings. The molecule has 0 radical (unpaired) electrons. The summed E-state index contributed by atoms with van der Waals surface area (Å²) < 4.78 is 86.5. The fourth-order valence-electron chi connectivity index (χ4n) is 1.49. The first-order chi connectivity index (χ1) is 9.02. The molecule has 0 aromatic rings. The van der Waals surface area contributed by atoms with E-state index < -0.39 is 31.0 Å². The molecule has 0 bridgehead atoms. The van der Waals surface area contributed by atoms with Crippen molar-refractivity contribution < 1.29 is 35.5 Å². The van der Waals surface area contributed by atoms with E-state index in [4.69, 9.17) is 0 Å². The van der Waals surface area contributed by atoms with Crippen molar-refractivity contribution in [1.29, 1.82) is 0 Å². The Bertz CT molecular complexity index is 334. The van der Waals surface area contributed by atoms with Gasteiger partial charge in [-0.2, -0.15) is 30.7 Å². The summed E-state index contributed by atoms with van der Waals surface area (Å²) in [6.07, 6.45) is -5.87. The van der Waals surface area contributed by atoms with Crippen LogP contribution in [0.1, 0.15) is 44.9 Å². The van der Waals surface area contributed by atoms with Gasteiger partial charge < -0.3 is 0 Å². The lowest BCUT2D eigenvalue weighted by Crippen LogP contribution is -2.38. The van der Waals surface area contributed by atoms with Crippen LogP contribution in [-0.4, -0.2) is 24.2 Å². The van der Waals surface area contributed by atoms with E-state index in [1.165, 1.54) is 0 Å². The van der Waals surface area contributed by atoms with Gasteiger partial charge in [-0.05, 0) is 12.8 Å². The van der Waals surface area contributed by atoms with Gasteiger partial charge in [0, 0.05) is 12.8 Å². The molecule has 0 spiro atoms. The van der Waals surface area contributed by atoms with Crippen molar-refractivity contribution in [1.82, 2.24) is 0 Å². The lowest BCUT2D eigenvalue weighted by molar-refractivity contribution is -0.206. The summed E-state index contributed by atoms with van der Waals surface area (Å²) in [5.41, 5.74) is 0. The molecule has 0 amide bonds. The number of nitrogens with zero attached hydrogens (tertiary/aromatic N) is 1. The zero-order chi connectivity index (χ0) is 15.9. The lowest BCUT2D eigenvalue weighted by atomic mass is 10.1. The third-order valence-electron chi connectivity index (χ3n) is 2.58.